The van der Waals surface area contributed by atoms with E-state index in [1.54, 1.807) is 0 Å². The van der Waals surface area contributed by atoms with E-state index in [1.807, 2.05) is 0 Å². The summed E-state index contributed by atoms with van der Waals surface area (Å²) in [4.78, 5) is 0. The van der Waals surface area contributed by atoms with Crippen molar-refractivity contribution in [3.8, 4) is 50.2 Å². The first-order chi connectivity index (χ1) is 32.7. The summed E-state index contributed by atoms with van der Waals surface area (Å²) in [7, 11) is 0.850. The van der Waals surface area contributed by atoms with Crippen molar-refractivity contribution >= 4 is 40.0 Å². The van der Waals surface area contributed by atoms with E-state index in [2.05, 4.69) is 234 Å². The quantitative estimate of drug-likeness (QED) is 0.156. The van der Waals surface area contributed by atoms with E-state index in [0.717, 1.165) is 7.28 Å². The zero-order chi connectivity index (χ0) is 48.1. The Balaban J connectivity index is 1.22. The van der Waals surface area contributed by atoms with Crippen molar-refractivity contribution in [1.82, 2.24) is 4.57 Å². The highest BCUT2D eigenvalue weighted by Gasteiger charge is 2.45. The lowest BCUT2D eigenvalue weighted by Crippen LogP contribution is -2.38. The lowest BCUT2D eigenvalue weighted by atomic mass is 9.57. The normalized spacial score (nSPS) is 16.6. The molecule has 0 fully saturated rings. The highest BCUT2D eigenvalue weighted by Crippen LogP contribution is 2.59. The van der Waals surface area contributed by atoms with Gasteiger partial charge in [-0.25, -0.2) is 0 Å². The van der Waals surface area contributed by atoms with Gasteiger partial charge in [0.1, 0.15) is 0 Å². The van der Waals surface area contributed by atoms with Gasteiger partial charge in [-0.05, 0) is 141 Å². The van der Waals surface area contributed by atoms with Gasteiger partial charge < -0.3 is 4.57 Å². The third-order valence-electron chi connectivity index (χ3n) is 17.8. The zero-order valence-electron chi connectivity index (χ0n) is 43.0. The lowest BCUT2D eigenvalue weighted by molar-refractivity contribution is 0.589. The predicted molar refractivity (Wildman–Crippen MR) is 297 cm³/mol. The average molecular weight is 894 g/mol. The summed E-state index contributed by atoms with van der Waals surface area (Å²) in [5.74, 6) is 0.139. The van der Waals surface area contributed by atoms with Crippen molar-refractivity contribution in [2.24, 2.45) is 0 Å². The number of rotatable bonds is 3. The molecule has 0 spiro atoms. The van der Waals surface area contributed by atoms with E-state index in [0.29, 0.717) is 0 Å². The number of hydrogen-bond acceptors (Lipinski definition) is 0. The third kappa shape index (κ3) is 5.61. The Morgan fingerprint density at radius 2 is 1.01 bits per heavy atom. The minimum Gasteiger partial charge on any atom is -0.310 e. The average Bonchev–Trinajstić information content (AvgIpc) is 3.94. The van der Waals surface area contributed by atoms with Crippen molar-refractivity contribution in [2.45, 2.75) is 123 Å². The van der Waals surface area contributed by atoms with Crippen LogP contribution in [0.2, 0.25) is 0 Å². The van der Waals surface area contributed by atoms with Gasteiger partial charge in [-0.1, -0.05) is 211 Å². The molecule has 3 aliphatic carbocycles. The summed E-state index contributed by atoms with van der Waals surface area (Å²) in [6, 6.07) is 55.3. The Bertz CT molecular complexity index is 3740. The van der Waals surface area contributed by atoms with Gasteiger partial charge in [-0.3, -0.25) is 0 Å². The van der Waals surface area contributed by atoms with Crippen LogP contribution in [0.15, 0.2) is 140 Å². The van der Waals surface area contributed by atoms with Crippen molar-refractivity contribution in [2.75, 3.05) is 0 Å². The van der Waals surface area contributed by atoms with Crippen LogP contribution in [-0.4, -0.2) is 11.8 Å². The van der Waals surface area contributed by atoms with Crippen LogP contribution in [-0.2, 0) is 27.1 Å². The molecule has 340 valence electrons. The Morgan fingerprint density at radius 1 is 0.478 bits per heavy atom. The molecule has 69 heavy (non-hydrogen) atoms. The van der Waals surface area contributed by atoms with Crippen molar-refractivity contribution in [3.63, 3.8) is 0 Å². The van der Waals surface area contributed by atoms with Crippen LogP contribution < -0.4 is 10.9 Å². The number of fused-ring (bicyclic) bond motifs is 15. The van der Waals surface area contributed by atoms with E-state index in [4.69, 9.17) is 0 Å². The fourth-order valence-electron chi connectivity index (χ4n) is 13.9. The fraction of sp³-hybridized carbons (Fsp3) is 0.284. The lowest BCUT2D eigenvalue weighted by Gasteiger charge is -2.31. The Morgan fingerprint density at radius 3 is 1.62 bits per heavy atom. The summed E-state index contributed by atoms with van der Waals surface area (Å²) in [5.41, 5.74) is 31.6. The first-order valence-corrected chi connectivity index (χ1v) is 25.6. The molecule has 1 aliphatic heterocycles. The Hall–Kier alpha value is -6.38. The van der Waals surface area contributed by atoms with Gasteiger partial charge in [0.15, 0.2) is 7.28 Å². The van der Waals surface area contributed by atoms with Crippen LogP contribution in [0.3, 0.4) is 0 Å². The molecule has 0 saturated carbocycles. The van der Waals surface area contributed by atoms with Gasteiger partial charge in [-0.2, -0.15) is 0 Å². The number of benzene rings is 8. The predicted octanol–water partition coefficient (Wildman–Crippen LogP) is 15.8. The van der Waals surface area contributed by atoms with Crippen LogP contribution in [0.4, 0.5) is 0 Å². The second-order valence-corrected chi connectivity index (χ2v) is 24.9. The van der Waals surface area contributed by atoms with Gasteiger partial charge in [0, 0.05) is 44.1 Å². The first kappa shape index (κ1) is 42.7. The van der Waals surface area contributed by atoms with Gasteiger partial charge in [0.2, 0.25) is 0 Å². The maximum Gasteiger partial charge on any atom is 0.198 e. The van der Waals surface area contributed by atoms with Crippen LogP contribution in [0.1, 0.15) is 152 Å². The van der Waals surface area contributed by atoms with Crippen molar-refractivity contribution < 1.29 is 0 Å². The van der Waals surface area contributed by atoms with Crippen molar-refractivity contribution in [3.05, 3.63) is 195 Å². The number of nitrogens with zero attached hydrogens (tertiary/aromatic N) is 1. The third-order valence-corrected chi connectivity index (χ3v) is 17.8. The largest absolute Gasteiger partial charge is 0.310 e. The van der Waals surface area contributed by atoms with E-state index < -0.39 is 0 Å². The molecule has 1 atom stereocenters. The highest BCUT2D eigenvalue weighted by atomic mass is 15.0. The monoisotopic (exact) mass is 894 g/mol. The minimum absolute atomic E-state index is 0.00758. The molecular weight excluding hydrogens is 830 g/mol. The molecule has 0 amide bonds. The van der Waals surface area contributed by atoms with Crippen molar-refractivity contribution in [1.29, 1.82) is 0 Å². The van der Waals surface area contributed by atoms with Crippen LogP contribution in [0.5, 0.6) is 0 Å². The number of hydrogen-bond donors (Lipinski definition) is 0. The van der Waals surface area contributed by atoms with E-state index in [-0.39, 0.29) is 33.0 Å². The zero-order valence-corrected chi connectivity index (χ0v) is 43.0. The molecule has 4 aliphatic rings. The van der Waals surface area contributed by atoms with E-state index in [9.17, 15) is 0 Å². The van der Waals surface area contributed by atoms with Crippen LogP contribution in [0, 0.1) is 0 Å². The van der Waals surface area contributed by atoms with Crippen LogP contribution in [0.25, 0.3) is 72.0 Å². The molecule has 9 aromatic rings. The van der Waals surface area contributed by atoms with Gasteiger partial charge >= 0.3 is 0 Å². The maximum absolute atomic E-state index is 2.73. The smallest absolute Gasteiger partial charge is 0.198 e. The molecule has 0 radical (unpaired) electrons. The van der Waals surface area contributed by atoms with E-state index >= 15 is 0 Å². The van der Waals surface area contributed by atoms with Crippen LogP contribution >= 0.6 is 0 Å². The fourth-order valence-corrected chi connectivity index (χ4v) is 13.9. The standard InChI is InChI=1S/C67H64BN/c1-37(38-26-28-39(29-27-38)63(2,3)4)44-34-52-45(41-20-14-17-23-49(41)65(52,8)9)33-47(44)58-57-43-22-16-19-25-51(43)67(12,13)60(57)59-48-32-40(64(5,6)7)30-31-55(48)69-56-36-53-46(35-54(56)68-61(58)62(59)69)42-21-15-18-24-50(42)66(53,10)11/h14-37,68H,1-13H3. The number of aromatic nitrogens is 1. The summed E-state index contributed by atoms with van der Waals surface area (Å²) in [6.45, 7) is 31.3. The second-order valence-electron chi connectivity index (χ2n) is 24.9. The maximum atomic E-state index is 2.73. The molecular formula is C67H64BN. The molecule has 1 unspecified atom stereocenters. The first-order valence-electron chi connectivity index (χ1n) is 25.6. The van der Waals surface area contributed by atoms with Gasteiger partial charge in [0.05, 0.1) is 5.52 Å². The molecule has 2 heterocycles. The summed E-state index contributed by atoms with van der Waals surface area (Å²) >= 11 is 0. The second kappa shape index (κ2) is 13.7. The summed E-state index contributed by atoms with van der Waals surface area (Å²) < 4.78 is 2.73. The molecule has 1 aromatic heterocycles. The van der Waals surface area contributed by atoms with E-state index in [1.165, 1.54) is 139 Å². The minimum atomic E-state index is -0.252. The van der Waals surface area contributed by atoms with Gasteiger partial charge in [-0.15, -0.1) is 0 Å². The molecule has 2 heteroatoms. The molecule has 8 aromatic carbocycles. The molecule has 1 nitrogen and oxygen atoms in total. The molecule has 0 N–H and O–H groups in total. The topological polar surface area (TPSA) is 4.93 Å². The Kier molecular flexibility index (Phi) is 8.47. The Labute approximate surface area is 410 Å². The molecule has 0 bridgehead atoms. The summed E-state index contributed by atoms with van der Waals surface area (Å²) in [6.07, 6.45) is 0. The molecule has 0 saturated heterocycles. The molecule has 13 rings (SSSR count). The summed E-state index contributed by atoms with van der Waals surface area (Å²) in [5, 5.41) is 2.80. The highest BCUT2D eigenvalue weighted by molar-refractivity contribution is 6.74. The SMILES string of the molecule is CC(c1ccc(C(C)(C)C)cc1)c1cc2c(cc1-c1c3c(c4c5cc(C(C)(C)C)ccc5n5c4c1Bc1cc4c(cc1-5)C(C)(C)c1ccccc1-4)C(C)(C)c1ccccc1-3)-c1ccccc1C2(C)C. The van der Waals surface area contributed by atoms with Gasteiger partial charge in [0.25, 0.3) is 0 Å².